The fraction of sp³-hybridized carbons (Fsp3) is 0.667. The van der Waals surface area contributed by atoms with Crippen molar-refractivity contribution in [3.63, 3.8) is 0 Å². The van der Waals surface area contributed by atoms with E-state index in [2.05, 4.69) is 9.73 Å². The summed E-state index contributed by atoms with van der Waals surface area (Å²) in [6.45, 7) is 0.524. The largest absolute Gasteiger partial charge is 0.487 e. The highest BCUT2D eigenvalue weighted by atomic mass is 19.4. The molecule has 0 bridgehead atoms. The van der Waals surface area contributed by atoms with Crippen LogP contribution in [0.25, 0.3) is 0 Å². The Kier molecular flexibility index (Phi) is 3.73. The Hall–Kier alpha value is -1.04. The first-order valence-corrected chi connectivity index (χ1v) is 4.59. The predicted molar refractivity (Wildman–Crippen MR) is 50.4 cm³/mol. The number of halogens is 3. The SMILES string of the molecule is CC(N)C1=NC=C(OCC(F)(F)F)CC1. The molecule has 0 aromatic rings. The van der Waals surface area contributed by atoms with Gasteiger partial charge in [0.2, 0.25) is 0 Å². The maximum Gasteiger partial charge on any atom is 0.422 e. The van der Waals surface area contributed by atoms with Crippen LogP contribution in [0, 0.1) is 0 Å². The van der Waals surface area contributed by atoms with E-state index in [1.54, 1.807) is 6.92 Å². The Bertz CT molecular complexity index is 282. The number of allylic oxidation sites excluding steroid dienone is 1. The molecule has 6 heteroatoms. The Morgan fingerprint density at radius 3 is 2.60 bits per heavy atom. The van der Waals surface area contributed by atoms with Gasteiger partial charge in [-0.05, 0) is 13.3 Å². The first kappa shape index (κ1) is 12.0. The normalized spacial score (nSPS) is 19.3. The number of hydrogen-bond acceptors (Lipinski definition) is 3. The maximum atomic E-state index is 11.8. The van der Waals surface area contributed by atoms with Gasteiger partial charge in [-0.15, -0.1) is 0 Å². The van der Waals surface area contributed by atoms with E-state index in [0.717, 1.165) is 5.71 Å². The highest BCUT2D eigenvalue weighted by molar-refractivity contribution is 5.90. The Labute approximate surface area is 85.8 Å². The van der Waals surface area contributed by atoms with Crippen LogP contribution in [0.1, 0.15) is 19.8 Å². The van der Waals surface area contributed by atoms with E-state index < -0.39 is 12.8 Å². The zero-order chi connectivity index (χ0) is 11.5. The van der Waals surface area contributed by atoms with Crippen molar-refractivity contribution in [2.45, 2.75) is 32.0 Å². The van der Waals surface area contributed by atoms with Crippen molar-refractivity contribution in [2.75, 3.05) is 6.61 Å². The van der Waals surface area contributed by atoms with Gasteiger partial charge >= 0.3 is 6.18 Å². The number of nitrogens with two attached hydrogens (primary N) is 1. The Morgan fingerprint density at radius 2 is 2.20 bits per heavy atom. The van der Waals surface area contributed by atoms with Gasteiger partial charge in [0.1, 0.15) is 5.76 Å². The van der Waals surface area contributed by atoms with Crippen molar-refractivity contribution in [3.8, 4) is 0 Å². The molecule has 15 heavy (non-hydrogen) atoms. The number of ether oxygens (including phenoxy) is 1. The quantitative estimate of drug-likeness (QED) is 0.793. The third-order valence-corrected chi connectivity index (χ3v) is 1.95. The van der Waals surface area contributed by atoms with Gasteiger partial charge in [0.25, 0.3) is 0 Å². The van der Waals surface area contributed by atoms with Crippen molar-refractivity contribution in [1.29, 1.82) is 0 Å². The van der Waals surface area contributed by atoms with Crippen LogP contribution in [0.2, 0.25) is 0 Å². The van der Waals surface area contributed by atoms with E-state index in [1.165, 1.54) is 6.20 Å². The number of aliphatic imine (C=N–C) groups is 1. The molecule has 0 aromatic heterocycles. The molecular weight excluding hydrogens is 209 g/mol. The molecule has 3 nitrogen and oxygen atoms in total. The van der Waals surface area contributed by atoms with Gasteiger partial charge in [0.05, 0.1) is 6.20 Å². The minimum atomic E-state index is -4.30. The summed E-state index contributed by atoms with van der Waals surface area (Å²) in [7, 11) is 0. The van der Waals surface area contributed by atoms with E-state index in [-0.39, 0.29) is 11.8 Å². The minimum absolute atomic E-state index is 0.162. The molecule has 1 heterocycles. The molecule has 1 aliphatic rings. The Morgan fingerprint density at radius 1 is 1.53 bits per heavy atom. The third-order valence-electron chi connectivity index (χ3n) is 1.95. The van der Waals surface area contributed by atoms with Gasteiger partial charge in [0.15, 0.2) is 6.61 Å². The van der Waals surface area contributed by atoms with Crippen molar-refractivity contribution < 1.29 is 17.9 Å². The van der Waals surface area contributed by atoms with E-state index in [0.29, 0.717) is 12.8 Å². The van der Waals surface area contributed by atoms with Gasteiger partial charge in [-0.3, -0.25) is 4.99 Å². The first-order chi connectivity index (χ1) is 6.88. The van der Waals surface area contributed by atoms with E-state index >= 15 is 0 Å². The van der Waals surface area contributed by atoms with E-state index in [9.17, 15) is 13.2 Å². The van der Waals surface area contributed by atoms with Gasteiger partial charge in [-0.1, -0.05) is 0 Å². The van der Waals surface area contributed by atoms with Gasteiger partial charge < -0.3 is 10.5 Å². The van der Waals surface area contributed by atoms with Crippen LogP contribution in [0.5, 0.6) is 0 Å². The summed E-state index contributed by atoms with van der Waals surface area (Å²) < 4.78 is 40.0. The summed E-state index contributed by atoms with van der Waals surface area (Å²) >= 11 is 0. The fourth-order valence-corrected chi connectivity index (χ4v) is 1.16. The van der Waals surface area contributed by atoms with E-state index in [4.69, 9.17) is 5.73 Å². The molecule has 0 saturated carbocycles. The molecule has 1 aliphatic heterocycles. The molecule has 1 unspecified atom stereocenters. The zero-order valence-electron chi connectivity index (χ0n) is 8.34. The highest BCUT2D eigenvalue weighted by Gasteiger charge is 2.29. The second-order valence-corrected chi connectivity index (χ2v) is 3.41. The third kappa shape index (κ3) is 4.33. The van der Waals surface area contributed by atoms with Crippen molar-refractivity contribution in [2.24, 2.45) is 10.7 Å². The molecule has 0 fully saturated rings. The lowest BCUT2D eigenvalue weighted by Crippen LogP contribution is -2.28. The lowest BCUT2D eigenvalue weighted by atomic mass is 10.1. The minimum Gasteiger partial charge on any atom is -0.487 e. The predicted octanol–water partition coefficient (Wildman–Crippen LogP) is 1.99. The smallest absolute Gasteiger partial charge is 0.422 e. The van der Waals surface area contributed by atoms with Gasteiger partial charge in [-0.2, -0.15) is 13.2 Å². The molecule has 0 spiro atoms. The van der Waals surface area contributed by atoms with Gasteiger partial charge in [-0.25, -0.2) is 0 Å². The van der Waals surface area contributed by atoms with Crippen LogP contribution in [-0.4, -0.2) is 24.5 Å². The molecule has 0 aliphatic carbocycles. The first-order valence-electron chi connectivity index (χ1n) is 4.59. The molecule has 86 valence electrons. The van der Waals surface area contributed by atoms with Gasteiger partial charge in [0, 0.05) is 18.2 Å². The van der Waals surface area contributed by atoms with Crippen LogP contribution in [0.15, 0.2) is 17.0 Å². The molecule has 0 saturated heterocycles. The summed E-state index contributed by atoms with van der Waals surface area (Å²) in [5, 5.41) is 0. The Balaban J connectivity index is 2.47. The van der Waals surface area contributed by atoms with Crippen molar-refractivity contribution in [3.05, 3.63) is 12.0 Å². The summed E-state index contributed by atoms with van der Waals surface area (Å²) in [5.74, 6) is 0.261. The zero-order valence-corrected chi connectivity index (χ0v) is 8.34. The molecule has 1 atom stereocenters. The fourth-order valence-electron chi connectivity index (χ4n) is 1.16. The second-order valence-electron chi connectivity index (χ2n) is 3.41. The van der Waals surface area contributed by atoms with Crippen molar-refractivity contribution >= 4 is 5.71 Å². The molecule has 0 amide bonds. The second kappa shape index (κ2) is 4.65. The van der Waals surface area contributed by atoms with Crippen LogP contribution in [-0.2, 0) is 4.74 Å². The summed E-state index contributed by atoms with van der Waals surface area (Å²) in [4.78, 5) is 3.95. The number of alkyl halides is 3. The highest BCUT2D eigenvalue weighted by Crippen LogP contribution is 2.20. The lowest BCUT2D eigenvalue weighted by Gasteiger charge is -2.17. The monoisotopic (exact) mass is 222 g/mol. The summed E-state index contributed by atoms with van der Waals surface area (Å²) in [5.41, 5.74) is 6.36. The molecule has 2 N–H and O–H groups in total. The molecular formula is C9H13F3N2O. The van der Waals surface area contributed by atoms with E-state index in [1.807, 2.05) is 0 Å². The summed E-state index contributed by atoms with van der Waals surface area (Å²) in [6.07, 6.45) is -2.00. The van der Waals surface area contributed by atoms with Crippen molar-refractivity contribution in [1.82, 2.24) is 0 Å². The topological polar surface area (TPSA) is 47.6 Å². The molecule has 0 aromatic carbocycles. The standard InChI is InChI=1S/C9H13F3N2O/c1-6(13)8-3-2-7(4-14-8)15-5-9(10,11)12/h4,6H,2-3,5,13H2,1H3. The average Bonchev–Trinajstić information content (AvgIpc) is 2.14. The number of rotatable bonds is 3. The molecule has 1 rings (SSSR count). The molecule has 0 radical (unpaired) electrons. The van der Waals surface area contributed by atoms with Crippen LogP contribution < -0.4 is 5.73 Å². The van der Waals surface area contributed by atoms with Crippen LogP contribution in [0.3, 0.4) is 0 Å². The average molecular weight is 222 g/mol. The maximum absolute atomic E-state index is 11.8. The van der Waals surface area contributed by atoms with Crippen LogP contribution in [0.4, 0.5) is 13.2 Å². The summed E-state index contributed by atoms with van der Waals surface area (Å²) in [6, 6.07) is -0.162. The lowest BCUT2D eigenvalue weighted by molar-refractivity contribution is -0.165. The number of hydrogen-bond donors (Lipinski definition) is 1. The van der Waals surface area contributed by atoms with Crippen LogP contribution >= 0.6 is 0 Å². The number of nitrogens with zero attached hydrogens (tertiary/aromatic N) is 1.